The van der Waals surface area contributed by atoms with Crippen molar-refractivity contribution in [2.75, 3.05) is 24.3 Å². The van der Waals surface area contributed by atoms with E-state index < -0.39 is 15.4 Å². The van der Waals surface area contributed by atoms with Crippen molar-refractivity contribution >= 4 is 15.5 Å². The highest BCUT2D eigenvalue weighted by Crippen LogP contribution is 2.21. The molecule has 6 heteroatoms. The van der Waals surface area contributed by atoms with Crippen LogP contribution in [0.4, 0.5) is 5.69 Å². The lowest BCUT2D eigenvalue weighted by Gasteiger charge is -2.31. The standard InChI is InChI=1S/C14H23NO4S/c1-3-9-20(18,19)13-7-5-12(6-8-13)15-14(4-2,10-16)11-17/h5-8,15-17H,3-4,9-11H2,1-2H3. The molecule has 0 aliphatic heterocycles. The topological polar surface area (TPSA) is 86.6 Å². The van der Waals surface area contributed by atoms with Crippen molar-refractivity contribution in [3.05, 3.63) is 24.3 Å². The Labute approximate surface area is 120 Å². The molecule has 0 bridgehead atoms. The van der Waals surface area contributed by atoms with Crippen molar-refractivity contribution in [2.45, 2.75) is 37.1 Å². The van der Waals surface area contributed by atoms with Crippen molar-refractivity contribution in [3.8, 4) is 0 Å². The van der Waals surface area contributed by atoms with Gasteiger partial charge in [-0.05, 0) is 37.1 Å². The first-order valence-electron chi connectivity index (χ1n) is 6.75. The highest BCUT2D eigenvalue weighted by Gasteiger charge is 2.26. The summed E-state index contributed by atoms with van der Waals surface area (Å²) in [5.41, 5.74) is -0.116. The summed E-state index contributed by atoms with van der Waals surface area (Å²) in [6.07, 6.45) is 1.13. The van der Waals surface area contributed by atoms with Gasteiger partial charge in [0.05, 0.1) is 29.4 Å². The normalized spacial score (nSPS) is 12.4. The summed E-state index contributed by atoms with van der Waals surface area (Å²) in [5, 5.41) is 21.8. The van der Waals surface area contributed by atoms with E-state index in [1.165, 1.54) is 0 Å². The number of nitrogens with one attached hydrogen (secondary N) is 1. The molecule has 1 aromatic carbocycles. The molecule has 0 spiro atoms. The Hall–Kier alpha value is -1.11. The third-order valence-corrected chi connectivity index (χ3v) is 5.31. The average Bonchev–Trinajstić information content (AvgIpc) is 2.45. The maximum absolute atomic E-state index is 11.9. The second kappa shape index (κ2) is 7.06. The lowest BCUT2D eigenvalue weighted by atomic mass is 9.98. The molecule has 20 heavy (non-hydrogen) atoms. The fraction of sp³-hybridized carbons (Fsp3) is 0.571. The van der Waals surface area contributed by atoms with Crippen LogP contribution in [0.2, 0.25) is 0 Å². The van der Waals surface area contributed by atoms with Crippen molar-refractivity contribution in [3.63, 3.8) is 0 Å². The Morgan fingerprint density at radius 1 is 1.10 bits per heavy atom. The first-order chi connectivity index (χ1) is 9.43. The summed E-state index contributed by atoms with van der Waals surface area (Å²) in [6.45, 7) is 3.29. The smallest absolute Gasteiger partial charge is 0.178 e. The van der Waals surface area contributed by atoms with Crippen LogP contribution in [0.5, 0.6) is 0 Å². The number of aliphatic hydroxyl groups excluding tert-OH is 2. The monoisotopic (exact) mass is 301 g/mol. The molecule has 0 radical (unpaired) electrons. The summed E-state index contributed by atoms with van der Waals surface area (Å²) in [5.74, 6) is 0.131. The fourth-order valence-electron chi connectivity index (χ4n) is 1.88. The zero-order chi connectivity index (χ0) is 15.2. The minimum absolute atomic E-state index is 0.131. The summed E-state index contributed by atoms with van der Waals surface area (Å²) in [7, 11) is -3.21. The van der Waals surface area contributed by atoms with E-state index in [-0.39, 0.29) is 19.0 Å². The average molecular weight is 301 g/mol. The number of hydrogen-bond acceptors (Lipinski definition) is 5. The summed E-state index contributed by atoms with van der Waals surface area (Å²) < 4.78 is 23.8. The van der Waals surface area contributed by atoms with E-state index in [9.17, 15) is 18.6 Å². The van der Waals surface area contributed by atoms with E-state index in [4.69, 9.17) is 0 Å². The maximum atomic E-state index is 11.9. The SMILES string of the molecule is CCCS(=O)(=O)c1ccc(NC(CC)(CO)CO)cc1. The van der Waals surface area contributed by atoms with Gasteiger partial charge in [0, 0.05) is 5.69 Å². The molecule has 0 heterocycles. The molecule has 0 fully saturated rings. The van der Waals surface area contributed by atoms with E-state index in [1.54, 1.807) is 24.3 Å². The predicted molar refractivity (Wildman–Crippen MR) is 79.6 cm³/mol. The number of aliphatic hydroxyl groups is 2. The van der Waals surface area contributed by atoms with E-state index >= 15 is 0 Å². The second-order valence-corrected chi connectivity index (χ2v) is 7.03. The van der Waals surface area contributed by atoms with Crippen LogP contribution in [0.25, 0.3) is 0 Å². The van der Waals surface area contributed by atoms with Gasteiger partial charge < -0.3 is 15.5 Å². The molecule has 0 unspecified atom stereocenters. The van der Waals surface area contributed by atoms with Crippen LogP contribution in [0, 0.1) is 0 Å². The van der Waals surface area contributed by atoms with Gasteiger partial charge in [-0.2, -0.15) is 0 Å². The van der Waals surface area contributed by atoms with Crippen molar-refractivity contribution in [1.29, 1.82) is 0 Å². The highest BCUT2D eigenvalue weighted by molar-refractivity contribution is 7.91. The predicted octanol–water partition coefficient (Wildman–Crippen LogP) is 1.42. The van der Waals surface area contributed by atoms with Crippen molar-refractivity contribution in [1.82, 2.24) is 0 Å². The number of hydrogen-bond donors (Lipinski definition) is 3. The lowest BCUT2D eigenvalue weighted by molar-refractivity contribution is 0.132. The number of anilines is 1. The molecule has 5 nitrogen and oxygen atoms in total. The summed E-state index contributed by atoms with van der Waals surface area (Å²) >= 11 is 0. The second-order valence-electron chi connectivity index (χ2n) is 4.92. The van der Waals surface area contributed by atoms with Crippen molar-refractivity contribution in [2.24, 2.45) is 0 Å². The quantitative estimate of drug-likeness (QED) is 0.676. The van der Waals surface area contributed by atoms with E-state index in [2.05, 4.69) is 5.32 Å². The molecule has 0 aliphatic carbocycles. The molecule has 0 amide bonds. The Morgan fingerprint density at radius 3 is 2.05 bits per heavy atom. The van der Waals surface area contributed by atoms with Gasteiger partial charge in [0.1, 0.15) is 0 Å². The van der Waals surface area contributed by atoms with Crippen LogP contribution in [0.1, 0.15) is 26.7 Å². The summed E-state index contributed by atoms with van der Waals surface area (Å²) in [6, 6.07) is 6.39. The largest absolute Gasteiger partial charge is 0.394 e. The third-order valence-electron chi connectivity index (χ3n) is 3.38. The number of rotatable bonds is 8. The van der Waals surface area contributed by atoms with Crippen molar-refractivity contribution < 1.29 is 18.6 Å². The van der Waals surface area contributed by atoms with Gasteiger partial charge in [-0.25, -0.2) is 8.42 Å². The van der Waals surface area contributed by atoms with Crippen LogP contribution < -0.4 is 5.32 Å². The molecule has 0 saturated heterocycles. The number of sulfone groups is 1. The Bertz CT molecular complexity index is 498. The molecule has 0 atom stereocenters. The molecule has 1 aromatic rings. The highest BCUT2D eigenvalue weighted by atomic mass is 32.2. The Morgan fingerprint density at radius 2 is 1.65 bits per heavy atom. The van der Waals surface area contributed by atoms with Gasteiger partial charge in [0.2, 0.25) is 0 Å². The molecule has 1 rings (SSSR count). The van der Waals surface area contributed by atoms with Gasteiger partial charge in [0.15, 0.2) is 9.84 Å². The van der Waals surface area contributed by atoms with Crippen LogP contribution in [0.3, 0.4) is 0 Å². The minimum atomic E-state index is -3.21. The van der Waals surface area contributed by atoms with Crippen LogP contribution in [-0.2, 0) is 9.84 Å². The van der Waals surface area contributed by atoms with Gasteiger partial charge in [-0.1, -0.05) is 13.8 Å². The molecule has 0 aliphatic rings. The molecule has 0 aromatic heterocycles. The van der Waals surface area contributed by atoms with Crippen LogP contribution in [-0.4, -0.2) is 43.1 Å². The zero-order valence-electron chi connectivity index (χ0n) is 12.0. The minimum Gasteiger partial charge on any atom is -0.394 e. The van der Waals surface area contributed by atoms with Gasteiger partial charge in [0.25, 0.3) is 0 Å². The maximum Gasteiger partial charge on any atom is 0.178 e. The fourth-order valence-corrected chi connectivity index (χ4v) is 3.20. The van der Waals surface area contributed by atoms with Crippen LogP contribution >= 0.6 is 0 Å². The van der Waals surface area contributed by atoms with Gasteiger partial charge in [-0.15, -0.1) is 0 Å². The first kappa shape index (κ1) is 16.9. The molecule has 0 saturated carbocycles. The van der Waals surface area contributed by atoms with E-state index in [0.717, 1.165) is 0 Å². The summed E-state index contributed by atoms with van der Waals surface area (Å²) in [4.78, 5) is 0.292. The molecule has 3 N–H and O–H groups in total. The molecule has 114 valence electrons. The lowest BCUT2D eigenvalue weighted by Crippen LogP contribution is -2.45. The van der Waals surface area contributed by atoms with Crippen LogP contribution in [0.15, 0.2) is 29.2 Å². The van der Waals surface area contributed by atoms with E-state index in [0.29, 0.717) is 23.4 Å². The van der Waals surface area contributed by atoms with E-state index in [1.807, 2.05) is 13.8 Å². The first-order valence-corrected chi connectivity index (χ1v) is 8.41. The number of benzene rings is 1. The molecular formula is C14H23NO4S. The zero-order valence-corrected chi connectivity index (χ0v) is 12.8. The Kier molecular flexibility index (Phi) is 5.98. The molecular weight excluding hydrogens is 278 g/mol. The third kappa shape index (κ3) is 3.94. The van der Waals surface area contributed by atoms with Gasteiger partial charge in [-0.3, -0.25) is 0 Å². The Balaban J connectivity index is 2.92. The van der Waals surface area contributed by atoms with Gasteiger partial charge >= 0.3 is 0 Å².